The van der Waals surface area contributed by atoms with E-state index in [-0.39, 0.29) is 38.0 Å². The Morgan fingerprint density at radius 3 is 0.819 bits per heavy atom. The summed E-state index contributed by atoms with van der Waals surface area (Å²) in [4.78, 5) is 38.3. The summed E-state index contributed by atoms with van der Waals surface area (Å²) in [5, 5.41) is 0. The van der Waals surface area contributed by atoms with E-state index in [1.165, 1.54) is 167 Å². The molecule has 1 unspecified atom stereocenters. The number of hydrogen-bond acceptors (Lipinski definition) is 6. The van der Waals surface area contributed by atoms with Crippen molar-refractivity contribution in [3.63, 3.8) is 0 Å². The first-order valence-corrected chi connectivity index (χ1v) is 34.7. The van der Waals surface area contributed by atoms with Crippen LogP contribution in [0.2, 0.25) is 0 Å². The molecule has 6 nitrogen and oxygen atoms in total. The molecule has 0 rings (SSSR count). The zero-order valence-electron chi connectivity index (χ0n) is 54.2. The molecule has 0 aliphatic rings. The standard InChI is InChI=1S/C77H128O6/c1-4-7-10-13-16-19-22-25-28-30-32-33-34-35-36-37-38-39-40-41-42-43-45-46-49-52-55-58-61-64-67-70-76(79)82-73-74(72-81-75(78)69-66-63-60-57-54-51-48-27-24-21-18-15-12-9-6-3)83-77(80)71-68-65-62-59-56-53-50-47-44-31-29-26-23-20-17-14-11-8-5-2/h8-9,11-12,17-18,20-21,26-27,29-30,32,44,47-48,53-54,56-57,62,65,74H,4-7,10,13-16,19,22-25,28,31,33-43,45-46,49-52,55,58-61,63-64,66-73H2,1-3H3/b11-8-,12-9-,20-17-,21-18-,29-26-,32-30-,47-44-,48-27-,56-53-,57-54-,65-62-. The monoisotopic (exact) mass is 1150 g/mol. The summed E-state index contributed by atoms with van der Waals surface area (Å²) >= 11 is 0. The lowest BCUT2D eigenvalue weighted by Crippen LogP contribution is -2.30. The van der Waals surface area contributed by atoms with Crippen molar-refractivity contribution >= 4 is 17.9 Å². The zero-order chi connectivity index (χ0) is 59.9. The minimum atomic E-state index is -0.841. The summed E-state index contributed by atoms with van der Waals surface area (Å²) in [6.45, 7) is 6.33. The van der Waals surface area contributed by atoms with Crippen molar-refractivity contribution in [2.24, 2.45) is 0 Å². The van der Waals surface area contributed by atoms with E-state index in [0.717, 1.165) is 96.3 Å². The third-order valence-electron chi connectivity index (χ3n) is 14.6. The highest BCUT2D eigenvalue weighted by molar-refractivity contribution is 5.71. The molecule has 6 heteroatoms. The van der Waals surface area contributed by atoms with Gasteiger partial charge in [-0.15, -0.1) is 0 Å². The first-order chi connectivity index (χ1) is 41.0. The van der Waals surface area contributed by atoms with Gasteiger partial charge in [-0.25, -0.2) is 0 Å². The maximum absolute atomic E-state index is 12.9. The lowest BCUT2D eigenvalue weighted by molar-refractivity contribution is -0.166. The molecule has 0 saturated carbocycles. The Balaban J connectivity index is 4.34. The molecule has 0 radical (unpaired) electrons. The first kappa shape index (κ1) is 78.5. The fourth-order valence-corrected chi connectivity index (χ4v) is 9.52. The smallest absolute Gasteiger partial charge is 0.306 e. The third-order valence-corrected chi connectivity index (χ3v) is 14.6. The van der Waals surface area contributed by atoms with Gasteiger partial charge in [-0.05, 0) is 122 Å². The summed E-state index contributed by atoms with van der Waals surface area (Å²) in [6, 6.07) is 0. The number of ether oxygens (including phenoxy) is 3. The number of esters is 3. The third kappa shape index (κ3) is 68.2. The molecule has 472 valence electrons. The van der Waals surface area contributed by atoms with Crippen LogP contribution in [0.1, 0.15) is 316 Å². The maximum atomic E-state index is 12.9. The van der Waals surface area contributed by atoms with Crippen LogP contribution in [0.4, 0.5) is 0 Å². The van der Waals surface area contributed by atoms with Gasteiger partial charge in [0, 0.05) is 19.3 Å². The highest BCUT2D eigenvalue weighted by Crippen LogP contribution is 2.17. The average Bonchev–Trinajstić information content (AvgIpc) is 3.49. The summed E-state index contributed by atoms with van der Waals surface area (Å²) in [5.74, 6) is -1.05. The van der Waals surface area contributed by atoms with E-state index in [2.05, 4.69) is 142 Å². The van der Waals surface area contributed by atoms with Crippen LogP contribution in [0.3, 0.4) is 0 Å². The highest BCUT2D eigenvalue weighted by Gasteiger charge is 2.19. The maximum Gasteiger partial charge on any atom is 0.306 e. The van der Waals surface area contributed by atoms with Crippen molar-refractivity contribution < 1.29 is 28.6 Å². The summed E-state index contributed by atoms with van der Waals surface area (Å²) in [5.41, 5.74) is 0. The number of carbonyl (C=O) groups is 3. The van der Waals surface area contributed by atoms with Crippen molar-refractivity contribution in [1.29, 1.82) is 0 Å². The molecular formula is C77H128O6. The second kappa shape index (κ2) is 70.0. The van der Waals surface area contributed by atoms with E-state index in [1.54, 1.807) is 0 Å². The fraction of sp³-hybridized carbons (Fsp3) is 0.675. The minimum Gasteiger partial charge on any atom is -0.462 e. The second-order valence-electron chi connectivity index (χ2n) is 22.7. The molecule has 0 saturated heterocycles. The van der Waals surface area contributed by atoms with Gasteiger partial charge < -0.3 is 14.2 Å². The molecule has 0 spiro atoms. The Labute approximate surface area is 513 Å². The lowest BCUT2D eigenvalue weighted by atomic mass is 10.0. The number of allylic oxidation sites excluding steroid dienone is 22. The van der Waals surface area contributed by atoms with Crippen LogP contribution >= 0.6 is 0 Å². The number of hydrogen-bond donors (Lipinski definition) is 0. The van der Waals surface area contributed by atoms with Gasteiger partial charge in [0.05, 0.1) is 0 Å². The topological polar surface area (TPSA) is 78.9 Å². The summed E-state index contributed by atoms with van der Waals surface area (Å²) in [7, 11) is 0. The Kier molecular flexibility index (Phi) is 66.3. The van der Waals surface area contributed by atoms with Crippen molar-refractivity contribution in [2.75, 3.05) is 13.2 Å². The quantitative estimate of drug-likeness (QED) is 0.0261. The summed E-state index contributed by atoms with van der Waals surface area (Å²) in [6.07, 6.45) is 99.4. The molecule has 0 N–H and O–H groups in total. The second-order valence-corrected chi connectivity index (χ2v) is 22.7. The molecule has 0 bridgehead atoms. The predicted molar refractivity (Wildman–Crippen MR) is 362 cm³/mol. The minimum absolute atomic E-state index is 0.123. The van der Waals surface area contributed by atoms with E-state index in [9.17, 15) is 14.4 Å². The molecule has 1 atom stereocenters. The van der Waals surface area contributed by atoms with Crippen LogP contribution in [0, 0.1) is 0 Å². The van der Waals surface area contributed by atoms with Gasteiger partial charge in [-0.1, -0.05) is 309 Å². The molecule has 0 aromatic carbocycles. The van der Waals surface area contributed by atoms with Gasteiger partial charge in [0.15, 0.2) is 6.10 Å². The van der Waals surface area contributed by atoms with Crippen LogP contribution in [-0.2, 0) is 28.6 Å². The Morgan fingerprint density at radius 1 is 0.253 bits per heavy atom. The van der Waals surface area contributed by atoms with Gasteiger partial charge in [-0.2, -0.15) is 0 Å². The van der Waals surface area contributed by atoms with Crippen LogP contribution in [0.15, 0.2) is 134 Å². The van der Waals surface area contributed by atoms with Crippen LogP contribution in [-0.4, -0.2) is 37.2 Å². The van der Waals surface area contributed by atoms with E-state index < -0.39 is 12.1 Å². The van der Waals surface area contributed by atoms with Crippen molar-refractivity contribution in [1.82, 2.24) is 0 Å². The Hall–Kier alpha value is -4.45. The highest BCUT2D eigenvalue weighted by atomic mass is 16.6. The van der Waals surface area contributed by atoms with Gasteiger partial charge in [0.25, 0.3) is 0 Å². The molecule has 0 aromatic heterocycles. The molecule has 83 heavy (non-hydrogen) atoms. The van der Waals surface area contributed by atoms with Gasteiger partial charge in [0.2, 0.25) is 0 Å². The first-order valence-electron chi connectivity index (χ1n) is 34.7. The zero-order valence-corrected chi connectivity index (χ0v) is 54.2. The fourth-order valence-electron chi connectivity index (χ4n) is 9.52. The van der Waals surface area contributed by atoms with Gasteiger partial charge in [0.1, 0.15) is 13.2 Å². The van der Waals surface area contributed by atoms with Crippen molar-refractivity contribution in [3.05, 3.63) is 134 Å². The average molecular weight is 1150 g/mol. The molecule has 0 aromatic rings. The predicted octanol–water partition coefficient (Wildman–Crippen LogP) is 24.1. The normalized spacial score (nSPS) is 13.0. The van der Waals surface area contributed by atoms with Crippen molar-refractivity contribution in [2.45, 2.75) is 322 Å². The van der Waals surface area contributed by atoms with Crippen LogP contribution in [0.25, 0.3) is 0 Å². The van der Waals surface area contributed by atoms with Crippen LogP contribution < -0.4 is 0 Å². The molecule has 0 aliphatic heterocycles. The lowest BCUT2D eigenvalue weighted by Gasteiger charge is -2.18. The Bertz CT molecular complexity index is 1750. The SMILES string of the molecule is CC/C=C\C/C=C\C/C=C\C/C=C\C/C=C\C/C=C\CCC(=O)OC(COC(=O)CCCC/C=C\C/C=C\C/C=C\C/C=C\CC)COC(=O)CCCCCCCCCCCCCCCCCCCCC/C=C\CCCCCCCCCC. The van der Waals surface area contributed by atoms with E-state index in [0.29, 0.717) is 19.3 Å². The number of rotatable bonds is 62. The number of carbonyl (C=O) groups excluding carboxylic acids is 3. The van der Waals surface area contributed by atoms with E-state index >= 15 is 0 Å². The van der Waals surface area contributed by atoms with E-state index in [1.807, 2.05) is 12.2 Å². The number of unbranched alkanes of at least 4 members (excludes halogenated alkanes) is 29. The van der Waals surface area contributed by atoms with Crippen LogP contribution in [0.5, 0.6) is 0 Å². The Morgan fingerprint density at radius 2 is 0.494 bits per heavy atom. The molecular weight excluding hydrogens is 1020 g/mol. The van der Waals surface area contributed by atoms with Gasteiger partial charge >= 0.3 is 17.9 Å². The molecule has 0 fully saturated rings. The van der Waals surface area contributed by atoms with E-state index in [4.69, 9.17) is 14.2 Å². The van der Waals surface area contributed by atoms with Gasteiger partial charge in [-0.3, -0.25) is 14.4 Å². The summed E-state index contributed by atoms with van der Waals surface area (Å²) < 4.78 is 16.8. The molecule has 0 heterocycles. The van der Waals surface area contributed by atoms with Crippen molar-refractivity contribution in [3.8, 4) is 0 Å². The molecule has 0 amide bonds. The largest absolute Gasteiger partial charge is 0.462 e. The molecule has 0 aliphatic carbocycles.